The van der Waals surface area contributed by atoms with Gasteiger partial charge in [0.15, 0.2) is 5.82 Å². The fourth-order valence-electron chi connectivity index (χ4n) is 1.20. The number of halogens is 2. The highest BCUT2D eigenvalue weighted by molar-refractivity contribution is 6.41. The van der Waals surface area contributed by atoms with E-state index in [0.717, 1.165) is 0 Å². The lowest BCUT2D eigenvalue weighted by Crippen LogP contribution is -2.19. The zero-order valence-corrected chi connectivity index (χ0v) is 9.60. The predicted octanol–water partition coefficient (Wildman–Crippen LogP) is 2.53. The number of carbonyl (C=O) groups is 2. The summed E-state index contributed by atoms with van der Waals surface area (Å²) in [5.41, 5.74) is 0.238. The van der Waals surface area contributed by atoms with Crippen LogP contribution < -0.4 is 0 Å². The van der Waals surface area contributed by atoms with E-state index in [1.807, 2.05) is 0 Å². The zero-order chi connectivity index (χ0) is 12.3. The van der Waals surface area contributed by atoms with Gasteiger partial charge in [0.1, 0.15) is 0 Å². The average molecular weight is 245 g/mol. The second kappa shape index (κ2) is 5.07. The number of ketones is 1. The van der Waals surface area contributed by atoms with Gasteiger partial charge in [-0.3, -0.25) is 4.79 Å². The van der Waals surface area contributed by atoms with Crippen LogP contribution in [0.25, 0.3) is 0 Å². The number of esters is 1. The first-order chi connectivity index (χ1) is 7.47. The molecule has 0 saturated heterocycles. The molecule has 0 heterocycles. The van der Waals surface area contributed by atoms with Crippen LogP contribution in [-0.2, 0) is 9.53 Å². The van der Waals surface area contributed by atoms with Gasteiger partial charge < -0.3 is 4.74 Å². The highest BCUT2D eigenvalue weighted by Crippen LogP contribution is 2.21. The summed E-state index contributed by atoms with van der Waals surface area (Å²) in [5.74, 6) is -3.00. The fraction of sp³-hybridized carbons (Fsp3) is 0.273. The van der Waals surface area contributed by atoms with Gasteiger partial charge in [0.25, 0.3) is 5.78 Å². The third-order valence-electron chi connectivity index (χ3n) is 1.88. The van der Waals surface area contributed by atoms with Gasteiger partial charge in [0.2, 0.25) is 0 Å². The minimum Gasteiger partial charge on any atom is -0.460 e. The van der Waals surface area contributed by atoms with Crippen molar-refractivity contribution in [3.05, 3.63) is 34.1 Å². The average Bonchev–Trinajstić information content (AvgIpc) is 2.22. The van der Waals surface area contributed by atoms with Crippen molar-refractivity contribution in [1.82, 2.24) is 0 Å². The summed E-state index contributed by atoms with van der Waals surface area (Å²) in [4.78, 5) is 22.6. The van der Waals surface area contributed by atoms with Gasteiger partial charge in [-0.1, -0.05) is 11.6 Å². The van der Waals surface area contributed by atoms with Crippen molar-refractivity contribution in [2.45, 2.75) is 13.8 Å². The maximum absolute atomic E-state index is 13.5. The lowest BCUT2D eigenvalue weighted by Gasteiger charge is -2.05. The number of hydrogen-bond acceptors (Lipinski definition) is 3. The SMILES string of the molecule is CCOC(=O)C(=O)c1cc(C)cc(Cl)c1F. The molecule has 0 N–H and O–H groups in total. The van der Waals surface area contributed by atoms with Crippen molar-refractivity contribution >= 4 is 23.4 Å². The van der Waals surface area contributed by atoms with Gasteiger partial charge in [0.05, 0.1) is 17.2 Å². The number of Topliss-reactive ketones (excluding diaryl/α,β-unsaturated/α-hetero) is 1. The number of rotatable bonds is 3. The highest BCUT2D eigenvalue weighted by atomic mass is 35.5. The molecule has 16 heavy (non-hydrogen) atoms. The Labute approximate surface area is 97.2 Å². The summed E-state index contributed by atoms with van der Waals surface area (Å²) >= 11 is 5.57. The van der Waals surface area contributed by atoms with Crippen molar-refractivity contribution in [2.24, 2.45) is 0 Å². The summed E-state index contributed by atoms with van der Waals surface area (Å²) in [5, 5.41) is -0.187. The molecular formula is C11H10ClFO3. The minimum absolute atomic E-state index is 0.0613. The molecule has 0 aliphatic carbocycles. The molecule has 0 aliphatic heterocycles. The highest BCUT2D eigenvalue weighted by Gasteiger charge is 2.23. The van der Waals surface area contributed by atoms with Crippen molar-refractivity contribution in [3.8, 4) is 0 Å². The Morgan fingerprint density at radius 2 is 2.06 bits per heavy atom. The molecule has 5 heteroatoms. The van der Waals surface area contributed by atoms with Gasteiger partial charge in [-0.25, -0.2) is 9.18 Å². The zero-order valence-electron chi connectivity index (χ0n) is 8.84. The van der Waals surface area contributed by atoms with Crippen LogP contribution in [0.5, 0.6) is 0 Å². The molecule has 1 aromatic rings. The molecule has 1 rings (SSSR count). The quantitative estimate of drug-likeness (QED) is 0.466. The lowest BCUT2D eigenvalue weighted by atomic mass is 10.1. The van der Waals surface area contributed by atoms with Crippen LogP contribution in [0.2, 0.25) is 5.02 Å². The Hall–Kier alpha value is -1.42. The van der Waals surface area contributed by atoms with E-state index in [1.54, 1.807) is 13.8 Å². The standard InChI is InChI=1S/C11H10ClFO3/c1-3-16-11(15)10(14)7-4-6(2)5-8(12)9(7)13/h4-5H,3H2,1-2H3. The molecule has 86 valence electrons. The Morgan fingerprint density at radius 1 is 1.44 bits per heavy atom. The van der Waals surface area contributed by atoms with Gasteiger partial charge in [0, 0.05) is 0 Å². The minimum atomic E-state index is -1.08. The first-order valence-electron chi connectivity index (χ1n) is 4.64. The van der Waals surface area contributed by atoms with E-state index < -0.39 is 17.6 Å². The van der Waals surface area contributed by atoms with Crippen LogP contribution in [0.15, 0.2) is 12.1 Å². The van der Waals surface area contributed by atoms with E-state index in [-0.39, 0.29) is 17.2 Å². The maximum atomic E-state index is 13.5. The molecule has 0 radical (unpaired) electrons. The van der Waals surface area contributed by atoms with Crippen LogP contribution in [-0.4, -0.2) is 18.4 Å². The topological polar surface area (TPSA) is 43.4 Å². The molecule has 0 spiro atoms. The summed E-state index contributed by atoms with van der Waals surface area (Å²) in [6.45, 7) is 3.27. The predicted molar refractivity (Wildman–Crippen MR) is 57.1 cm³/mol. The second-order valence-corrected chi connectivity index (χ2v) is 3.57. The first-order valence-corrected chi connectivity index (χ1v) is 5.02. The first kappa shape index (κ1) is 12.6. The van der Waals surface area contributed by atoms with Crippen molar-refractivity contribution in [1.29, 1.82) is 0 Å². The Balaban J connectivity index is 3.13. The Morgan fingerprint density at radius 3 is 2.62 bits per heavy atom. The van der Waals surface area contributed by atoms with Crippen LogP contribution >= 0.6 is 11.6 Å². The molecule has 0 amide bonds. The van der Waals surface area contributed by atoms with E-state index in [1.165, 1.54) is 12.1 Å². The van der Waals surface area contributed by atoms with E-state index in [0.29, 0.717) is 5.56 Å². The summed E-state index contributed by atoms with van der Waals surface area (Å²) in [6.07, 6.45) is 0. The second-order valence-electron chi connectivity index (χ2n) is 3.16. The number of aryl methyl sites for hydroxylation is 1. The van der Waals surface area contributed by atoms with E-state index >= 15 is 0 Å². The number of benzene rings is 1. The molecule has 0 fully saturated rings. The molecule has 1 aromatic carbocycles. The fourth-order valence-corrected chi connectivity index (χ4v) is 1.47. The third kappa shape index (κ3) is 2.58. The molecule has 0 aromatic heterocycles. The number of ether oxygens (including phenoxy) is 1. The summed E-state index contributed by atoms with van der Waals surface area (Å²) in [6, 6.07) is 2.64. The van der Waals surface area contributed by atoms with Gasteiger partial charge in [-0.05, 0) is 31.5 Å². The van der Waals surface area contributed by atoms with Crippen molar-refractivity contribution in [3.63, 3.8) is 0 Å². The maximum Gasteiger partial charge on any atom is 0.379 e. The molecule has 0 unspecified atom stereocenters. The molecule has 0 bridgehead atoms. The lowest BCUT2D eigenvalue weighted by molar-refractivity contribution is -0.137. The van der Waals surface area contributed by atoms with Crippen LogP contribution in [0.4, 0.5) is 4.39 Å². The van der Waals surface area contributed by atoms with Crippen LogP contribution in [0.1, 0.15) is 22.8 Å². The van der Waals surface area contributed by atoms with Crippen LogP contribution in [0, 0.1) is 12.7 Å². The Bertz CT molecular complexity index is 443. The Kier molecular flexibility index (Phi) is 4.01. The van der Waals surface area contributed by atoms with E-state index in [9.17, 15) is 14.0 Å². The largest absolute Gasteiger partial charge is 0.460 e. The smallest absolute Gasteiger partial charge is 0.379 e. The molecule has 0 aliphatic rings. The van der Waals surface area contributed by atoms with Crippen molar-refractivity contribution < 1.29 is 18.7 Å². The summed E-state index contributed by atoms with van der Waals surface area (Å²) < 4.78 is 18.0. The van der Waals surface area contributed by atoms with E-state index in [2.05, 4.69) is 4.74 Å². The normalized spacial score (nSPS) is 10.0. The molecular weight excluding hydrogens is 235 g/mol. The van der Waals surface area contributed by atoms with Gasteiger partial charge in [-0.2, -0.15) is 0 Å². The number of hydrogen-bond donors (Lipinski definition) is 0. The summed E-state index contributed by atoms with van der Waals surface area (Å²) in [7, 11) is 0. The van der Waals surface area contributed by atoms with Gasteiger partial charge >= 0.3 is 5.97 Å². The van der Waals surface area contributed by atoms with Crippen LogP contribution in [0.3, 0.4) is 0 Å². The van der Waals surface area contributed by atoms with Crippen molar-refractivity contribution in [2.75, 3.05) is 6.61 Å². The van der Waals surface area contributed by atoms with E-state index in [4.69, 9.17) is 11.6 Å². The van der Waals surface area contributed by atoms with Gasteiger partial charge in [-0.15, -0.1) is 0 Å². The molecule has 0 atom stereocenters. The molecule has 3 nitrogen and oxygen atoms in total. The number of carbonyl (C=O) groups excluding carboxylic acids is 2. The molecule has 0 saturated carbocycles. The third-order valence-corrected chi connectivity index (χ3v) is 2.15. The monoisotopic (exact) mass is 244 g/mol.